The second-order valence-corrected chi connectivity index (χ2v) is 11.2. The van der Waals surface area contributed by atoms with E-state index in [0.29, 0.717) is 18.0 Å². The Morgan fingerprint density at radius 1 is 0.972 bits per heavy atom. The number of amides is 2. The first-order valence-electron chi connectivity index (χ1n) is 13.2. The second kappa shape index (κ2) is 10.9. The van der Waals surface area contributed by atoms with Gasteiger partial charge in [0.25, 0.3) is 5.91 Å². The molecular weight excluding hydrogens is 452 g/mol. The van der Waals surface area contributed by atoms with E-state index >= 15 is 0 Å². The van der Waals surface area contributed by atoms with Crippen molar-refractivity contribution in [3.63, 3.8) is 0 Å². The highest BCUT2D eigenvalue weighted by molar-refractivity contribution is 6.05. The highest BCUT2D eigenvalue weighted by Crippen LogP contribution is 2.33. The van der Waals surface area contributed by atoms with Crippen molar-refractivity contribution in [2.24, 2.45) is 0 Å². The van der Waals surface area contributed by atoms with E-state index < -0.39 is 5.60 Å². The largest absolute Gasteiger partial charge is 0.444 e. The third-order valence-corrected chi connectivity index (χ3v) is 7.37. The molecule has 4 rings (SSSR count). The smallest absolute Gasteiger partial charge is 0.410 e. The molecular formula is C29H40N4O3. The van der Waals surface area contributed by atoms with Gasteiger partial charge in [-0.25, -0.2) is 9.78 Å². The number of likely N-dealkylation sites (N-methyl/N-ethyl adjacent to an activating group) is 1. The average Bonchev–Trinajstić information content (AvgIpc) is 3.37. The first-order valence-corrected chi connectivity index (χ1v) is 13.2. The summed E-state index contributed by atoms with van der Waals surface area (Å²) >= 11 is 0. The SMILES string of the molecule is CN(C(=O)c1ccc(C2CCCCC2)cc1)c1ccc(N2CCC(N(C)C(=O)OC(C)(C)C)C2)nc1. The van der Waals surface area contributed by atoms with Crippen molar-refractivity contribution in [1.29, 1.82) is 0 Å². The second-order valence-electron chi connectivity index (χ2n) is 11.2. The van der Waals surface area contributed by atoms with Crippen LogP contribution in [0.15, 0.2) is 42.6 Å². The molecule has 1 saturated carbocycles. The lowest BCUT2D eigenvalue weighted by atomic mass is 9.84. The minimum Gasteiger partial charge on any atom is -0.444 e. The minimum absolute atomic E-state index is 0.0417. The molecule has 1 aliphatic heterocycles. The fraction of sp³-hybridized carbons (Fsp3) is 0.552. The highest BCUT2D eigenvalue weighted by atomic mass is 16.6. The Hall–Kier alpha value is -3.09. The van der Waals surface area contributed by atoms with Gasteiger partial charge in [-0.2, -0.15) is 0 Å². The summed E-state index contributed by atoms with van der Waals surface area (Å²) in [5.74, 6) is 1.43. The number of ether oxygens (including phenoxy) is 1. The molecule has 194 valence electrons. The van der Waals surface area contributed by atoms with Crippen LogP contribution in [0.3, 0.4) is 0 Å². The van der Waals surface area contributed by atoms with Crippen LogP contribution in [0.1, 0.15) is 81.1 Å². The molecule has 2 amide bonds. The molecule has 0 radical (unpaired) electrons. The van der Waals surface area contributed by atoms with E-state index in [-0.39, 0.29) is 18.0 Å². The van der Waals surface area contributed by atoms with E-state index in [1.165, 1.54) is 37.7 Å². The molecule has 1 saturated heterocycles. The van der Waals surface area contributed by atoms with Gasteiger partial charge in [-0.3, -0.25) is 4.79 Å². The molecule has 0 spiro atoms. The first-order chi connectivity index (χ1) is 17.1. The van der Waals surface area contributed by atoms with Crippen LogP contribution in [-0.2, 0) is 4.74 Å². The maximum atomic E-state index is 13.1. The maximum absolute atomic E-state index is 13.1. The van der Waals surface area contributed by atoms with Crippen molar-refractivity contribution >= 4 is 23.5 Å². The van der Waals surface area contributed by atoms with Crippen molar-refractivity contribution in [2.45, 2.75) is 76.9 Å². The van der Waals surface area contributed by atoms with Gasteiger partial charge in [0.1, 0.15) is 11.4 Å². The molecule has 2 aromatic rings. The van der Waals surface area contributed by atoms with Gasteiger partial charge < -0.3 is 19.4 Å². The average molecular weight is 493 g/mol. The number of benzene rings is 1. The third kappa shape index (κ3) is 6.18. The van der Waals surface area contributed by atoms with Gasteiger partial charge in [0.2, 0.25) is 0 Å². The molecule has 1 unspecified atom stereocenters. The maximum Gasteiger partial charge on any atom is 0.410 e. The van der Waals surface area contributed by atoms with Crippen LogP contribution in [0.4, 0.5) is 16.3 Å². The highest BCUT2D eigenvalue weighted by Gasteiger charge is 2.31. The lowest BCUT2D eigenvalue weighted by Crippen LogP contribution is -2.42. The lowest BCUT2D eigenvalue weighted by Gasteiger charge is -2.28. The fourth-order valence-electron chi connectivity index (χ4n) is 5.16. The summed E-state index contributed by atoms with van der Waals surface area (Å²) in [5, 5.41) is 0. The zero-order valence-corrected chi connectivity index (χ0v) is 22.4. The molecule has 7 nitrogen and oxygen atoms in total. The predicted molar refractivity (Wildman–Crippen MR) is 144 cm³/mol. The molecule has 1 aliphatic carbocycles. The summed E-state index contributed by atoms with van der Waals surface area (Å²) in [7, 11) is 3.58. The number of carbonyl (C=O) groups is 2. The zero-order chi connectivity index (χ0) is 25.9. The van der Waals surface area contributed by atoms with Gasteiger partial charge in [-0.1, -0.05) is 31.4 Å². The third-order valence-electron chi connectivity index (χ3n) is 7.37. The molecule has 0 bridgehead atoms. The van der Waals surface area contributed by atoms with Crippen molar-refractivity contribution in [1.82, 2.24) is 9.88 Å². The van der Waals surface area contributed by atoms with Crippen LogP contribution in [0.25, 0.3) is 0 Å². The van der Waals surface area contributed by atoms with Gasteiger partial charge in [-0.05, 0) is 75.8 Å². The number of aromatic nitrogens is 1. The number of carbonyl (C=O) groups excluding carboxylic acids is 2. The van der Waals surface area contributed by atoms with E-state index in [1.807, 2.05) is 45.0 Å². The number of rotatable bonds is 5. The molecule has 2 heterocycles. The Kier molecular flexibility index (Phi) is 7.86. The van der Waals surface area contributed by atoms with Crippen molar-refractivity contribution < 1.29 is 14.3 Å². The topological polar surface area (TPSA) is 66.0 Å². The zero-order valence-electron chi connectivity index (χ0n) is 22.4. The Labute approximate surface area is 215 Å². The summed E-state index contributed by atoms with van der Waals surface area (Å²) in [6.45, 7) is 7.13. The lowest BCUT2D eigenvalue weighted by molar-refractivity contribution is 0.0237. The molecule has 7 heteroatoms. The van der Waals surface area contributed by atoms with Crippen LogP contribution in [-0.4, -0.2) is 60.7 Å². The summed E-state index contributed by atoms with van der Waals surface area (Å²) in [5.41, 5.74) is 2.28. The van der Waals surface area contributed by atoms with Gasteiger partial charge in [0.05, 0.1) is 17.9 Å². The number of anilines is 2. The van der Waals surface area contributed by atoms with E-state index in [2.05, 4.69) is 22.0 Å². The Morgan fingerprint density at radius 2 is 1.67 bits per heavy atom. The van der Waals surface area contributed by atoms with E-state index in [1.54, 1.807) is 30.1 Å². The van der Waals surface area contributed by atoms with Crippen molar-refractivity contribution in [3.8, 4) is 0 Å². The molecule has 2 aliphatic rings. The summed E-state index contributed by atoms with van der Waals surface area (Å²) in [6, 6.07) is 12.1. The van der Waals surface area contributed by atoms with Gasteiger partial charge in [0, 0.05) is 32.7 Å². The van der Waals surface area contributed by atoms with Crippen molar-refractivity contribution in [3.05, 3.63) is 53.7 Å². The van der Waals surface area contributed by atoms with Crippen molar-refractivity contribution in [2.75, 3.05) is 37.0 Å². The Balaban J connectivity index is 1.35. The van der Waals surface area contributed by atoms with Crippen LogP contribution < -0.4 is 9.80 Å². The first kappa shape index (κ1) is 26.0. The summed E-state index contributed by atoms with van der Waals surface area (Å²) < 4.78 is 5.51. The molecule has 1 aromatic heterocycles. The monoisotopic (exact) mass is 492 g/mol. The van der Waals surface area contributed by atoms with Crippen LogP contribution in [0, 0.1) is 0 Å². The van der Waals surface area contributed by atoms with E-state index in [0.717, 1.165) is 24.5 Å². The fourth-order valence-corrected chi connectivity index (χ4v) is 5.16. The Morgan fingerprint density at radius 3 is 2.28 bits per heavy atom. The number of pyridine rings is 1. The number of hydrogen-bond donors (Lipinski definition) is 0. The molecule has 1 aromatic carbocycles. The predicted octanol–water partition coefficient (Wildman–Crippen LogP) is 5.85. The quantitative estimate of drug-likeness (QED) is 0.524. The van der Waals surface area contributed by atoms with E-state index in [9.17, 15) is 9.59 Å². The standard InChI is InChI=1S/C29H40N4O3/c1-29(2,3)36-28(35)32(5)25-17-18-33(20-25)26-16-15-24(19-30-26)31(4)27(34)23-13-11-22(12-14-23)21-9-7-6-8-10-21/h11-16,19,21,25H,6-10,17-18,20H2,1-5H3. The summed E-state index contributed by atoms with van der Waals surface area (Å²) in [4.78, 5) is 35.6. The van der Waals surface area contributed by atoms with Gasteiger partial charge in [0.15, 0.2) is 0 Å². The molecule has 36 heavy (non-hydrogen) atoms. The molecule has 2 fully saturated rings. The normalized spacial score (nSPS) is 18.7. The molecule has 0 N–H and O–H groups in total. The summed E-state index contributed by atoms with van der Waals surface area (Å²) in [6.07, 6.45) is 8.74. The molecule has 1 atom stereocenters. The van der Waals surface area contributed by atoms with Crippen LogP contribution in [0.2, 0.25) is 0 Å². The van der Waals surface area contributed by atoms with Gasteiger partial charge >= 0.3 is 6.09 Å². The Bertz CT molecular complexity index is 1040. The van der Waals surface area contributed by atoms with Crippen LogP contribution in [0.5, 0.6) is 0 Å². The number of hydrogen-bond acceptors (Lipinski definition) is 5. The van der Waals surface area contributed by atoms with Crippen LogP contribution >= 0.6 is 0 Å². The minimum atomic E-state index is -0.512. The number of nitrogens with zero attached hydrogens (tertiary/aromatic N) is 4. The van der Waals surface area contributed by atoms with E-state index in [4.69, 9.17) is 4.74 Å². The van der Waals surface area contributed by atoms with Gasteiger partial charge in [-0.15, -0.1) is 0 Å².